The van der Waals surface area contributed by atoms with E-state index in [9.17, 15) is 0 Å². The lowest BCUT2D eigenvalue weighted by atomic mass is 9.84. The fraction of sp³-hybridized carbons (Fsp3) is 0.0213. The van der Waals surface area contributed by atoms with Gasteiger partial charge in [0.25, 0.3) is 0 Å². The largest absolute Gasteiger partial charge is 0.0616 e. The first kappa shape index (κ1) is 27.3. The molecule has 0 saturated heterocycles. The van der Waals surface area contributed by atoms with Crippen molar-refractivity contribution in [1.29, 1.82) is 0 Å². The summed E-state index contributed by atoms with van der Waals surface area (Å²) < 4.78 is 0. The van der Waals surface area contributed by atoms with Crippen molar-refractivity contribution in [2.45, 2.75) is 6.92 Å². The number of rotatable bonds is 4. The Morgan fingerprint density at radius 1 is 0.277 bits per heavy atom. The molecule has 0 nitrogen and oxygen atoms in total. The quantitative estimate of drug-likeness (QED) is 0.177. The van der Waals surface area contributed by atoms with Crippen LogP contribution in [-0.4, -0.2) is 0 Å². The summed E-state index contributed by atoms with van der Waals surface area (Å²) in [4.78, 5) is 0. The van der Waals surface area contributed by atoms with E-state index >= 15 is 0 Å². The number of aryl methyl sites for hydroxylation is 1. The van der Waals surface area contributed by atoms with Crippen molar-refractivity contribution >= 4 is 43.1 Å². The maximum atomic E-state index is 2.40. The Hall–Kier alpha value is -5.98. The topological polar surface area (TPSA) is 0 Å². The summed E-state index contributed by atoms with van der Waals surface area (Å²) in [5.74, 6) is 0. The first-order valence-corrected chi connectivity index (χ1v) is 16.4. The third-order valence-corrected chi connectivity index (χ3v) is 9.79. The smallest absolute Gasteiger partial charge is 0.00262 e. The molecular formula is C47H32. The molecule has 0 radical (unpaired) electrons. The van der Waals surface area contributed by atoms with Gasteiger partial charge in [0.2, 0.25) is 0 Å². The second-order valence-corrected chi connectivity index (χ2v) is 12.5. The molecule has 0 bridgehead atoms. The molecule has 220 valence electrons. The lowest BCUT2D eigenvalue weighted by molar-refractivity contribution is 1.46. The van der Waals surface area contributed by atoms with Crippen molar-refractivity contribution < 1.29 is 0 Å². The lowest BCUT2D eigenvalue weighted by Gasteiger charge is -2.19. The van der Waals surface area contributed by atoms with E-state index < -0.39 is 0 Å². The van der Waals surface area contributed by atoms with E-state index in [2.05, 4.69) is 183 Å². The van der Waals surface area contributed by atoms with Gasteiger partial charge in [0, 0.05) is 0 Å². The summed E-state index contributed by atoms with van der Waals surface area (Å²) in [5.41, 5.74) is 11.3. The molecule has 0 aromatic heterocycles. The highest BCUT2D eigenvalue weighted by Crippen LogP contribution is 2.45. The number of benzene rings is 9. The van der Waals surface area contributed by atoms with Crippen LogP contribution in [0.15, 0.2) is 176 Å². The van der Waals surface area contributed by atoms with Gasteiger partial charge in [-0.25, -0.2) is 0 Å². The standard InChI is InChI=1S/C47H32/c1-31-21-22-38(30-45(31)37-28-23-32-11-2-3-13-36(32)29-37)47-43-18-8-6-16-41(43)46(42-17-7-9-19-44(42)47)35-26-24-34(25-27-35)40-20-10-14-33-12-4-5-15-39(33)40/h2-30H,1H3. The SMILES string of the molecule is Cc1ccc(-c2c3ccccc3c(-c3ccc(-c4cccc5ccccc45)cc3)c3ccccc23)cc1-c1ccc2ccccc2c1. The summed E-state index contributed by atoms with van der Waals surface area (Å²) in [7, 11) is 0. The van der Waals surface area contributed by atoms with Crippen molar-refractivity contribution in [2.24, 2.45) is 0 Å². The van der Waals surface area contributed by atoms with Crippen LogP contribution in [0.1, 0.15) is 5.56 Å². The normalized spacial score (nSPS) is 11.5. The summed E-state index contributed by atoms with van der Waals surface area (Å²) in [5, 5.41) is 10.2. The Labute approximate surface area is 275 Å². The summed E-state index contributed by atoms with van der Waals surface area (Å²) in [6, 6.07) is 64.6. The molecule has 0 heteroatoms. The van der Waals surface area contributed by atoms with Crippen LogP contribution in [0.4, 0.5) is 0 Å². The van der Waals surface area contributed by atoms with Crippen LogP contribution >= 0.6 is 0 Å². The van der Waals surface area contributed by atoms with E-state index in [4.69, 9.17) is 0 Å². The average molecular weight is 597 g/mol. The molecule has 9 rings (SSSR count). The van der Waals surface area contributed by atoms with Crippen LogP contribution in [0.3, 0.4) is 0 Å². The summed E-state index contributed by atoms with van der Waals surface area (Å²) >= 11 is 0. The van der Waals surface area contributed by atoms with Crippen LogP contribution in [0, 0.1) is 6.92 Å². The van der Waals surface area contributed by atoms with Crippen LogP contribution in [-0.2, 0) is 0 Å². The molecule has 0 aliphatic heterocycles. The molecule has 0 heterocycles. The van der Waals surface area contributed by atoms with Crippen molar-refractivity contribution in [3.63, 3.8) is 0 Å². The minimum Gasteiger partial charge on any atom is -0.0616 e. The van der Waals surface area contributed by atoms with Crippen LogP contribution < -0.4 is 0 Å². The molecule has 0 amide bonds. The predicted molar refractivity (Wildman–Crippen MR) is 203 cm³/mol. The Kier molecular flexibility index (Phi) is 6.47. The number of hydrogen-bond acceptors (Lipinski definition) is 0. The minimum absolute atomic E-state index is 1.23. The van der Waals surface area contributed by atoms with E-state index in [1.54, 1.807) is 0 Å². The van der Waals surface area contributed by atoms with Gasteiger partial charge < -0.3 is 0 Å². The van der Waals surface area contributed by atoms with E-state index in [0.29, 0.717) is 0 Å². The highest BCUT2D eigenvalue weighted by Gasteiger charge is 2.18. The second-order valence-electron chi connectivity index (χ2n) is 12.5. The van der Waals surface area contributed by atoms with E-state index in [1.165, 1.54) is 93.2 Å². The van der Waals surface area contributed by atoms with Gasteiger partial charge in [-0.05, 0) is 112 Å². The molecule has 47 heavy (non-hydrogen) atoms. The molecule has 0 saturated carbocycles. The van der Waals surface area contributed by atoms with Gasteiger partial charge in [0.15, 0.2) is 0 Å². The Balaban J connectivity index is 1.23. The Morgan fingerprint density at radius 2 is 0.766 bits per heavy atom. The summed E-state index contributed by atoms with van der Waals surface area (Å²) in [6.45, 7) is 2.22. The zero-order valence-corrected chi connectivity index (χ0v) is 26.2. The van der Waals surface area contributed by atoms with E-state index in [-0.39, 0.29) is 0 Å². The van der Waals surface area contributed by atoms with Crippen molar-refractivity contribution in [3.05, 3.63) is 181 Å². The molecule has 9 aromatic carbocycles. The molecule has 0 unspecified atom stereocenters. The van der Waals surface area contributed by atoms with Gasteiger partial charge in [0.1, 0.15) is 0 Å². The fourth-order valence-corrected chi connectivity index (χ4v) is 7.49. The third kappa shape index (κ3) is 4.61. The molecular weight excluding hydrogens is 565 g/mol. The minimum atomic E-state index is 1.23. The molecule has 0 atom stereocenters. The van der Waals surface area contributed by atoms with Crippen LogP contribution in [0.5, 0.6) is 0 Å². The van der Waals surface area contributed by atoms with Gasteiger partial charge in [-0.2, -0.15) is 0 Å². The second kappa shape index (κ2) is 11.1. The van der Waals surface area contributed by atoms with E-state index in [0.717, 1.165) is 0 Å². The first-order chi connectivity index (χ1) is 23.2. The van der Waals surface area contributed by atoms with Crippen LogP contribution in [0.2, 0.25) is 0 Å². The van der Waals surface area contributed by atoms with Crippen molar-refractivity contribution in [2.75, 3.05) is 0 Å². The van der Waals surface area contributed by atoms with Gasteiger partial charge in [-0.1, -0.05) is 164 Å². The maximum Gasteiger partial charge on any atom is -0.00262 e. The summed E-state index contributed by atoms with van der Waals surface area (Å²) in [6.07, 6.45) is 0. The molecule has 0 spiro atoms. The highest BCUT2D eigenvalue weighted by atomic mass is 14.2. The average Bonchev–Trinajstić information content (AvgIpc) is 3.14. The molecule has 0 fully saturated rings. The van der Waals surface area contributed by atoms with Gasteiger partial charge in [0.05, 0.1) is 0 Å². The fourth-order valence-electron chi connectivity index (χ4n) is 7.49. The number of hydrogen-bond donors (Lipinski definition) is 0. The van der Waals surface area contributed by atoms with Gasteiger partial charge in [-0.15, -0.1) is 0 Å². The zero-order chi connectivity index (χ0) is 31.3. The van der Waals surface area contributed by atoms with Crippen molar-refractivity contribution in [3.8, 4) is 44.5 Å². The Morgan fingerprint density at radius 3 is 1.45 bits per heavy atom. The maximum absolute atomic E-state index is 2.40. The first-order valence-electron chi connectivity index (χ1n) is 16.4. The Bertz CT molecular complexity index is 2560. The van der Waals surface area contributed by atoms with E-state index in [1.807, 2.05) is 0 Å². The van der Waals surface area contributed by atoms with Gasteiger partial charge >= 0.3 is 0 Å². The predicted octanol–water partition coefficient (Wildman–Crippen LogP) is 13.3. The third-order valence-electron chi connectivity index (χ3n) is 9.79. The molecule has 0 aliphatic carbocycles. The zero-order valence-electron chi connectivity index (χ0n) is 26.2. The molecule has 0 N–H and O–H groups in total. The van der Waals surface area contributed by atoms with Gasteiger partial charge in [-0.3, -0.25) is 0 Å². The molecule has 0 aliphatic rings. The highest BCUT2D eigenvalue weighted by molar-refractivity contribution is 6.21. The van der Waals surface area contributed by atoms with Crippen LogP contribution in [0.25, 0.3) is 87.6 Å². The lowest BCUT2D eigenvalue weighted by Crippen LogP contribution is -1.92. The number of fused-ring (bicyclic) bond motifs is 4. The molecule has 9 aromatic rings. The van der Waals surface area contributed by atoms with Crippen molar-refractivity contribution in [1.82, 2.24) is 0 Å². The monoisotopic (exact) mass is 596 g/mol.